The number of nitrogens with one attached hydrogen (secondary N) is 1. The fourth-order valence-electron chi connectivity index (χ4n) is 3.73. The Morgan fingerprint density at radius 3 is 2.76 bits per heavy atom. The summed E-state index contributed by atoms with van der Waals surface area (Å²) in [6.07, 6.45) is 5.15. The number of aromatic nitrogens is 1. The highest BCUT2D eigenvalue weighted by Crippen LogP contribution is 2.38. The molecule has 0 spiro atoms. The summed E-state index contributed by atoms with van der Waals surface area (Å²) in [5, 5.41) is 5.09. The molecule has 0 radical (unpaired) electrons. The van der Waals surface area contributed by atoms with Gasteiger partial charge in [-0.15, -0.1) is 0 Å². The Hall–Kier alpha value is -1.64. The number of ether oxygens (including phenoxy) is 2. The van der Waals surface area contributed by atoms with Crippen molar-refractivity contribution in [2.75, 3.05) is 20.2 Å². The highest BCUT2D eigenvalue weighted by molar-refractivity contribution is 7.16. The normalized spacial score (nSPS) is 27.9. The number of piperidine rings is 3. The second-order valence-electron chi connectivity index (χ2n) is 6.73. The van der Waals surface area contributed by atoms with Gasteiger partial charge in [-0.1, -0.05) is 11.3 Å². The van der Waals surface area contributed by atoms with Crippen molar-refractivity contribution in [2.24, 2.45) is 5.92 Å². The zero-order chi connectivity index (χ0) is 17.4. The third kappa shape index (κ3) is 3.38. The summed E-state index contributed by atoms with van der Waals surface area (Å²) in [6, 6.07) is 3.61. The summed E-state index contributed by atoms with van der Waals surface area (Å²) >= 11 is 2.66. The number of nitrogens with zero attached hydrogens (tertiary/aromatic N) is 2. The SMILES string of the molecule is COc1cnc(Oc2ccc(C(=O)N[C@]3(C)CC4CCN3CC4)s2)s1. The molecular weight excluding hydrogens is 358 g/mol. The number of hydrogen-bond donors (Lipinski definition) is 1. The minimum atomic E-state index is -0.230. The Morgan fingerprint density at radius 2 is 2.12 bits per heavy atom. The van der Waals surface area contributed by atoms with Gasteiger partial charge in [-0.2, -0.15) is 0 Å². The van der Waals surface area contributed by atoms with Gasteiger partial charge in [0, 0.05) is 13.1 Å². The molecule has 0 aliphatic carbocycles. The van der Waals surface area contributed by atoms with Gasteiger partial charge in [0.1, 0.15) is 0 Å². The van der Waals surface area contributed by atoms with Crippen molar-refractivity contribution in [1.29, 1.82) is 0 Å². The minimum Gasteiger partial charge on any atom is -0.486 e. The minimum absolute atomic E-state index is 0.0355. The van der Waals surface area contributed by atoms with Crippen LogP contribution in [0.15, 0.2) is 18.3 Å². The lowest BCUT2D eigenvalue weighted by Crippen LogP contribution is -2.65. The van der Waals surface area contributed by atoms with E-state index in [2.05, 4.69) is 22.1 Å². The number of thiazole rings is 1. The molecule has 5 heterocycles. The number of fused-ring (bicyclic) bond motifs is 3. The first-order chi connectivity index (χ1) is 12.1. The molecule has 2 aromatic rings. The van der Waals surface area contributed by atoms with E-state index >= 15 is 0 Å². The number of carbonyl (C=O) groups is 1. The first-order valence-corrected chi connectivity index (χ1v) is 10.0. The second-order valence-corrected chi connectivity index (χ2v) is 8.73. The molecule has 3 saturated heterocycles. The average molecular weight is 380 g/mol. The molecule has 134 valence electrons. The first-order valence-electron chi connectivity index (χ1n) is 8.41. The Morgan fingerprint density at radius 1 is 1.32 bits per heavy atom. The van der Waals surface area contributed by atoms with Gasteiger partial charge >= 0.3 is 0 Å². The molecule has 8 heteroatoms. The van der Waals surface area contributed by atoms with E-state index in [0.29, 0.717) is 20.2 Å². The molecule has 3 aliphatic rings. The molecule has 0 aromatic carbocycles. The van der Waals surface area contributed by atoms with E-state index in [4.69, 9.17) is 9.47 Å². The van der Waals surface area contributed by atoms with Crippen LogP contribution in [0.2, 0.25) is 0 Å². The van der Waals surface area contributed by atoms with Gasteiger partial charge in [0.15, 0.2) is 10.1 Å². The molecule has 25 heavy (non-hydrogen) atoms. The van der Waals surface area contributed by atoms with Crippen LogP contribution in [0, 0.1) is 5.92 Å². The molecule has 1 amide bonds. The smallest absolute Gasteiger partial charge is 0.282 e. The van der Waals surface area contributed by atoms with Crippen LogP contribution < -0.4 is 14.8 Å². The van der Waals surface area contributed by atoms with Gasteiger partial charge in [0.25, 0.3) is 11.1 Å². The van der Waals surface area contributed by atoms with Crippen molar-refractivity contribution >= 4 is 28.6 Å². The number of amides is 1. The maximum atomic E-state index is 12.7. The molecule has 1 N–H and O–H groups in total. The van der Waals surface area contributed by atoms with E-state index in [1.165, 1.54) is 35.5 Å². The predicted octanol–water partition coefficient (Wildman–Crippen LogP) is 3.57. The highest BCUT2D eigenvalue weighted by Gasteiger charge is 2.43. The average Bonchev–Trinajstić information content (AvgIpc) is 3.25. The van der Waals surface area contributed by atoms with Gasteiger partial charge in [0.2, 0.25) is 0 Å². The summed E-state index contributed by atoms with van der Waals surface area (Å²) < 4.78 is 10.8. The van der Waals surface area contributed by atoms with E-state index < -0.39 is 0 Å². The van der Waals surface area contributed by atoms with Crippen molar-refractivity contribution in [3.63, 3.8) is 0 Å². The van der Waals surface area contributed by atoms with Gasteiger partial charge in [0.05, 0.1) is 23.8 Å². The van der Waals surface area contributed by atoms with Crippen molar-refractivity contribution in [2.45, 2.75) is 31.8 Å². The topological polar surface area (TPSA) is 63.7 Å². The fourth-order valence-corrected chi connectivity index (χ4v) is 5.13. The number of thiophene rings is 1. The van der Waals surface area contributed by atoms with Crippen LogP contribution >= 0.6 is 22.7 Å². The zero-order valence-electron chi connectivity index (χ0n) is 14.3. The third-order valence-electron chi connectivity index (χ3n) is 5.04. The zero-order valence-corrected chi connectivity index (χ0v) is 15.9. The summed E-state index contributed by atoms with van der Waals surface area (Å²) in [7, 11) is 1.60. The maximum absolute atomic E-state index is 12.7. The van der Waals surface area contributed by atoms with Crippen LogP contribution in [0.25, 0.3) is 0 Å². The largest absolute Gasteiger partial charge is 0.486 e. The van der Waals surface area contributed by atoms with Crippen molar-refractivity contribution in [1.82, 2.24) is 15.2 Å². The van der Waals surface area contributed by atoms with Crippen LogP contribution in [-0.4, -0.2) is 41.7 Å². The van der Waals surface area contributed by atoms with E-state index in [9.17, 15) is 4.79 Å². The molecule has 0 unspecified atom stereocenters. The van der Waals surface area contributed by atoms with Gasteiger partial charge in [-0.05, 0) is 55.6 Å². The lowest BCUT2D eigenvalue weighted by molar-refractivity contribution is -0.0346. The number of carbonyl (C=O) groups excluding carboxylic acids is 1. The molecule has 5 rings (SSSR count). The van der Waals surface area contributed by atoms with Crippen molar-refractivity contribution in [3.05, 3.63) is 23.2 Å². The Balaban J connectivity index is 1.42. The van der Waals surface area contributed by atoms with Crippen LogP contribution in [0.5, 0.6) is 15.3 Å². The molecular formula is C17H21N3O3S2. The third-order valence-corrected chi connectivity index (χ3v) is 6.84. The fraction of sp³-hybridized carbons (Fsp3) is 0.529. The Bertz CT molecular complexity index is 767. The van der Waals surface area contributed by atoms with E-state index in [1.54, 1.807) is 19.4 Å². The highest BCUT2D eigenvalue weighted by atomic mass is 32.1. The van der Waals surface area contributed by atoms with E-state index in [0.717, 1.165) is 25.4 Å². The Labute approximate surface area is 154 Å². The standard InChI is InChI=1S/C17H21N3O3S2/c1-17(9-11-5-7-20(17)8-6-11)19-15(21)12-3-4-13(24-12)23-16-18-10-14(22-2)25-16/h3-4,10-11H,5-9H2,1-2H3,(H,19,21)/t17-/m0/s1. The molecule has 3 fully saturated rings. The number of hydrogen-bond acceptors (Lipinski definition) is 7. The lowest BCUT2D eigenvalue weighted by atomic mass is 9.80. The molecule has 1 atom stereocenters. The van der Waals surface area contributed by atoms with Crippen LogP contribution in [0.1, 0.15) is 35.9 Å². The monoisotopic (exact) mass is 379 g/mol. The second kappa shape index (κ2) is 6.59. The summed E-state index contributed by atoms with van der Waals surface area (Å²) in [5.41, 5.74) is -0.230. The number of rotatable bonds is 5. The van der Waals surface area contributed by atoms with Crippen molar-refractivity contribution < 1.29 is 14.3 Å². The molecule has 6 nitrogen and oxygen atoms in total. The van der Waals surface area contributed by atoms with Crippen LogP contribution in [0.4, 0.5) is 0 Å². The first kappa shape index (κ1) is 16.8. The maximum Gasteiger partial charge on any atom is 0.282 e. The predicted molar refractivity (Wildman–Crippen MR) is 97.8 cm³/mol. The van der Waals surface area contributed by atoms with Crippen LogP contribution in [0.3, 0.4) is 0 Å². The quantitative estimate of drug-likeness (QED) is 0.860. The molecule has 2 bridgehead atoms. The van der Waals surface area contributed by atoms with Crippen molar-refractivity contribution in [3.8, 4) is 15.3 Å². The van der Waals surface area contributed by atoms with Gasteiger partial charge in [-0.3, -0.25) is 9.69 Å². The van der Waals surface area contributed by atoms with Gasteiger partial charge in [-0.25, -0.2) is 4.98 Å². The van der Waals surface area contributed by atoms with Gasteiger partial charge < -0.3 is 14.8 Å². The van der Waals surface area contributed by atoms with E-state index in [-0.39, 0.29) is 11.6 Å². The molecule has 0 saturated carbocycles. The molecule has 2 aromatic heterocycles. The lowest BCUT2D eigenvalue weighted by Gasteiger charge is -2.52. The van der Waals surface area contributed by atoms with E-state index in [1.807, 2.05) is 6.07 Å². The Kier molecular flexibility index (Phi) is 4.43. The summed E-state index contributed by atoms with van der Waals surface area (Å²) in [5.74, 6) is 0.698. The summed E-state index contributed by atoms with van der Waals surface area (Å²) in [6.45, 7) is 4.29. The number of methoxy groups -OCH3 is 1. The molecule has 3 aliphatic heterocycles. The summed E-state index contributed by atoms with van der Waals surface area (Å²) in [4.78, 5) is 19.9. The van der Waals surface area contributed by atoms with Crippen LogP contribution in [-0.2, 0) is 0 Å².